The number of aromatic nitrogens is 3. The van der Waals surface area contributed by atoms with Crippen LogP contribution in [0.4, 0.5) is 34.5 Å². The van der Waals surface area contributed by atoms with Crippen LogP contribution in [0, 0.1) is 18.3 Å². The zero-order valence-corrected chi connectivity index (χ0v) is 44.5. The summed E-state index contributed by atoms with van der Waals surface area (Å²) in [5, 5.41) is 24.0. The average Bonchev–Trinajstić information content (AvgIpc) is 3.99. The van der Waals surface area contributed by atoms with Crippen molar-refractivity contribution in [3.05, 3.63) is 99.7 Å². The Hall–Kier alpha value is -5.41. The molecule has 0 spiro atoms. The fraction of sp³-hybridized carbons (Fsp3) is 0.451. The minimum atomic E-state index is -0.888. The summed E-state index contributed by atoms with van der Waals surface area (Å²) >= 11 is 14.7. The van der Waals surface area contributed by atoms with Crippen LogP contribution in [0.2, 0.25) is 10.0 Å². The number of carbonyl (C=O) groups excluding carboxylic acids is 3. The lowest BCUT2D eigenvalue weighted by atomic mass is 9.85. The second-order valence-corrected chi connectivity index (χ2v) is 22.3. The molecule has 3 saturated heterocycles. The minimum Gasteiger partial charge on any atom is -0.391 e. The summed E-state index contributed by atoms with van der Waals surface area (Å²) in [6, 6.07) is 19.6. The van der Waals surface area contributed by atoms with Crippen LogP contribution >= 0.6 is 34.5 Å². The lowest BCUT2D eigenvalue weighted by Gasteiger charge is -2.39. The highest BCUT2D eigenvalue weighted by Gasteiger charge is 2.44. The van der Waals surface area contributed by atoms with E-state index < -0.39 is 23.6 Å². The Morgan fingerprint density at radius 1 is 0.917 bits per heavy atom. The summed E-state index contributed by atoms with van der Waals surface area (Å²) in [4.78, 5) is 64.2. The Morgan fingerprint density at radius 3 is 2.32 bits per heavy atom. The van der Waals surface area contributed by atoms with Crippen molar-refractivity contribution in [2.75, 3.05) is 85.8 Å². The Morgan fingerprint density at radius 2 is 1.64 bits per heavy atom. The number of halogens is 2. The number of thiol groups is 1. The van der Waals surface area contributed by atoms with Crippen LogP contribution in [-0.4, -0.2) is 141 Å². The zero-order valence-electron chi connectivity index (χ0n) is 41.3. The van der Waals surface area contributed by atoms with Crippen molar-refractivity contribution >= 4 is 98.6 Å². The second-order valence-electron chi connectivity index (χ2n) is 19.9. The number of likely N-dealkylation sites (tertiary alicyclic amines) is 1. The van der Waals surface area contributed by atoms with Gasteiger partial charge in [0.15, 0.2) is 5.82 Å². The molecular formula is C51H64Cl2N12O5S2. The summed E-state index contributed by atoms with van der Waals surface area (Å²) in [7, 11) is 1.71. The van der Waals surface area contributed by atoms with Crippen molar-refractivity contribution in [3.63, 3.8) is 0 Å². The van der Waals surface area contributed by atoms with E-state index in [1.807, 2.05) is 99.9 Å². The molecule has 5 aromatic rings. The Kier molecular flexibility index (Phi) is 17.4. The summed E-state index contributed by atoms with van der Waals surface area (Å²) in [5.74, 6) is 0.288. The molecule has 3 atom stereocenters. The molecule has 0 unspecified atom stereocenters. The van der Waals surface area contributed by atoms with Crippen molar-refractivity contribution < 1.29 is 23.7 Å². The molecule has 3 amide bonds. The first-order valence-corrected chi connectivity index (χ1v) is 26.7. The predicted molar refractivity (Wildman–Crippen MR) is 289 cm³/mol. The number of nitrogens with zero attached hydrogens (tertiary/aromatic N) is 8. The monoisotopic (exact) mass is 1060 g/mol. The molecule has 3 aliphatic rings. The first-order valence-electron chi connectivity index (χ1n) is 24.3. The van der Waals surface area contributed by atoms with Crippen molar-refractivity contribution in [2.45, 2.75) is 71.7 Å². The molecular weight excluding hydrogens is 996 g/mol. The van der Waals surface area contributed by atoms with Gasteiger partial charge in [0.05, 0.1) is 57.0 Å². The zero-order chi connectivity index (χ0) is 51.1. The van der Waals surface area contributed by atoms with E-state index in [1.165, 1.54) is 11.1 Å². The summed E-state index contributed by atoms with van der Waals surface area (Å²) in [5.41, 5.74) is 7.21. The van der Waals surface area contributed by atoms with Gasteiger partial charge in [-0.25, -0.2) is 14.2 Å². The predicted octanol–water partition coefficient (Wildman–Crippen LogP) is 6.64. The molecule has 0 aliphatic carbocycles. The molecule has 72 heavy (non-hydrogen) atoms. The number of aryl methyl sites for hydroxylation is 1. The number of rotatable bonds is 17. The Bertz CT molecular complexity index is 2710. The maximum absolute atomic E-state index is 14.2. The number of thiazole rings is 1. The summed E-state index contributed by atoms with van der Waals surface area (Å²) in [6.07, 6.45) is 2.88. The number of hydrogen-bond acceptors (Lipinski definition) is 14. The SMILES string of the molecule is Cc1ncsc1-c1ccc(CNC(=O)[C@@H]2C[C@@H](O)CN2C(=O)[C@@H](NC(=O)CN2CCN(CC3CCN(c4ccc(Nc5ncc(Cl)c(Nc6ccccc6N(C)[SH]=O)n5)c(Cl)c4)CC3)CC2)C(C)(C)C)cc1. The number of piperazine rings is 1. The number of benzene rings is 3. The second kappa shape index (κ2) is 23.6. The third-order valence-electron chi connectivity index (χ3n) is 13.6. The summed E-state index contributed by atoms with van der Waals surface area (Å²) in [6.45, 7) is 14.1. The van der Waals surface area contributed by atoms with Crippen LogP contribution in [0.25, 0.3) is 10.4 Å². The standard InChI is InChI=1S/C51H64Cl2N12O5S2/c1-32-45(71-31-56-32)35-12-10-33(11-13-35)26-54-48(68)43-25-37(66)29-65(43)49(69)46(51(2,3)4)59-44(67)30-63-22-20-62(21-23-63)28-34-16-18-64(19-17-34)36-14-15-40(38(52)24-36)58-50-55-27-39(53)47(60-50)57-41-8-6-7-9-42(41)61(5)72-70/h6-15,24,27,31,34,37,43,46,66,72H,16-23,25-26,28-30H2,1-5H3,(H,54,68)(H,59,67)(H2,55,57,58,60)/t37-,43+,46-/m1/s1. The molecule has 2 aromatic heterocycles. The van der Waals surface area contributed by atoms with Gasteiger partial charge in [0.1, 0.15) is 29.0 Å². The van der Waals surface area contributed by atoms with Crippen LogP contribution in [0.5, 0.6) is 0 Å². The van der Waals surface area contributed by atoms with E-state index in [-0.39, 0.29) is 55.6 Å². The van der Waals surface area contributed by atoms with E-state index >= 15 is 0 Å². The van der Waals surface area contributed by atoms with E-state index in [2.05, 4.69) is 50.9 Å². The number of piperidine rings is 1. The fourth-order valence-corrected chi connectivity index (χ4v) is 11.0. The number of nitrogens with one attached hydrogen (secondary N) is 4. The van der Waals surface area contributed by atoms with Crippen LogP contribution in [0.3, 0.4) is 0 Å². The highest BCUT2D eigenvalue weighted by atomic mass is 35.5. The number of para-hydroxylation sites is 2. The number of aliphatic hydroxyl groups is 1. The van der Waals surface area contributed by atoms with Crippen molar-refractivity contribution in [1.29, 1.82) is 0 Å². The van der Waals surface area contributed by atoms with Crippen LogP contribution in [0.1, 0.15) is 51.3 Å². The van der Waals surface area contributed by atoms with Gasteiger partial charge in [-0.3, -0.25) is 23.6 Å². The normalized spacial score (nSPS) is 18.4. The molecule has 8 rings (SSSR count). The highest BCUT2D eigenvalue weighted by molar-refractivity contribution is 7.67. The lowest BCUT2D eigenvalue weighted by molar-refractivity contribution is -0.144. The van der Waals surface area contributed by atoms with Crippen molar-refractivity contribution in [1.82, 2.24) is 40.3 Å². The topological polar surface area (TPSA) is 192 Å². The van der Waals surface area contributed by atoms with Gasteiger partial charge in [0, 0.05) is 78.1 Å². The third kappa shape index (κ3) is 13.2. The Labute approximate surface area is 439 Å². The van der Waals surface area contributed by atoms with Crippen LogP contribution in [0.15, 0.2) is 78.4 Å². The van der Waals surface area contributed by atoms with E-state index in [9.17, 15) is 23.7 Å². The largest absolute Gasteiger partial charge is 0.391 e. The van der Waals surface area contributed by atoms with Crippen molar-refractivity contribution in [2.24, 2.45) is 11.3 Å². The molecule has 0 saturated carbocycles. The quantitative estimate of drug-likeness (QED) is 0.0544. The van der Waals surface area contributed by atoms with Crippen LogP contribution < -0.4 is 30.5 Å². The van der Waals surface area contributed by atoms with Gasteiger partial charge < -0.3 is 41.1 Å². The first-order chi connectivity index (χ1) is 34.5. The number of hydrogen-bond donors (Lipinski definition) is 6. The number of β-amino-alcohol motifs (C(OH)–C–C–N with tert-alkyl or cyclic N) is 1. The van der Waals surface area contributed by atoms with Gasteiger partial charge in [-0.2, -0.15) is 4.98 Å². The smallest absolute Gasteiger partial charge is 0.246 e. The van der Waals surface area contributed by atoms with E-state index in [4.69, 9.17) is 23.2 Å². The number of carbonyl (C=O) groups is 3. The van der Waals surface area contributed by atoms with Gasteiger partial charge in [0.25, 0.3) is 0 Å². The highest BCUT2D eigenvalue weighted by Crippen LogP contribution is 2.35. The lowest BCUT2D eigenvalue weighted by Crippen LogP contribution is -2.59. The molecule has 3 fully saturated rings. The minimum absolute atomic E-state index is 0.0207. The molecule has 3 aliphatic heterocycles. The maximum atomic E-state index is 14.2. The summed E-state index contributed by atoms with van der Waals surface area (Å²) < 4.78 is 13.1. The van der Waals surface area contributed by atoms with Gasteiger partial charge in [0.2, 0.25) is 23.7 Å². The van der Waals surface area contributed by atoms with Crippen LogP contribution in [-0.2, 0) is 32.8 Å². The molecule has 21 heteroatoms. The number of aliphatic hydroxyl groups excluding tert-OH is 1. The maximum Gasteiger partial charge on any atom is 0.246 e. The van der Waals surface area contributed by atoms with Gasteiger partial charge in [-0.1, -0.05) is 80.4 Å². The van der Waals surface area contributed by atoms with Gasteiger partial charge >= 0.3 is 0 Å². The molecule has 3 aromatic carbocycles. The molecule has 17 nitrogen and oxygen atoms in total. The molecule has 384 valence electrons. The van der Waals surface area contributed by atoms with E-state index in [0.29, 0.717) is 44.8 Å². The molecule has 5 N–H and O–H groups in total. The Balaban J connectivity index is 0.769. The number of amides is 3. The molecule has 0 bridgehead atoms. The molecule has 0 radical (unpaired) electrons. The van der Waals surface area contributed by atoms with Gasteiger partial charge in [-0.15, -0.1) is 11.3 Å². The van der Waals surface area contributed by atoms with E-state index in [0.717, 1.165) is 86.0 Å². The average molecular weight is 1060 g/mol. The van der Waals surface area contributed by atoms with Gasteiger partial charge in [-0.05, 0) is 72.6 Å². The molecule has 5 heterocycles. The first kappa shape index (κ1) is 52.9. The van der Waals surface area contributed by atoms with Crippen molar-refractivity contribution in [3.8, 4) is 10.4 Å². The van der Waals surface area contributed by atoms with E-state index in [1.54, 1.807) is 22.7 Å². The number of anilines is 6. The fourth-order valence-electron chi connectivity index (χ4n) is 9.53. The third-order valence-corrected chi connectivity index (χ3v) is 15.6.